The first-order chi connectivity index (χ1) is 17.4. The highest BCUT2D eigenvalue weighted by molar-refractivity contribution is 7.92. The van der Waals surface area contributed by atoms with Crippen LogP contribution < -0.4 is 9.77 Å². The number of Topliss-reactive ketones (excluding diaryl/α,β-unsaturated/α-hetero) is 1. The average molecular weight is 552 g/mol. The Bertz CT molecular complexity index is 1500. The second-order valence-corrected chi connectivity index (χ2v) is 12.3. The lowest BCUT2D eigenvalue weighted by Crippen LogP contribution is -2.41. The van der Waals surface area contributed by atoms with Crippen molar-refractivity contribution in [1.29, 1.82) is 0 Å². The fourth-order valence-corrected chi connectivity index (χ4v) is 4.63. The summed E-state index contributed by atoms with van der Waals surface area (Å²) in [5, 5.41) is 0.349. The van der Waals surface area contributed by atoms with E-state index in [1.54, 1.807) is 13.0 Å². The molecule has 0 bridgehead atoms. The van der Waals surface area contributed by atoms with Gasteiger partial charge in [-0.3, -0.25) is 14.1 Å². The van der Waals surface area contributed by atoms with Crippen molar-refractivity contribution in [2.45, 2.75) is 58.4 Å². The van der Waals surface area contributed by atoms with E-state index >= 15 is 0 Å². The molecule has 8 nitrogen and oxygen atoms in total. The average Bonchev–Trinajstić information content (AvgIpc) is 3.28. The second-order valence-electron chi connectivity index (χ2n) is 10.2. The SMILES string of the molecule is CCC(=O)c1c(-c2ccc(C(F)(F)F)nc2)oc2cc(N(C)S(C)(=O)=O)c(B3OC(C)(C)C(C)(C)O3)cc12. The standard InChI is InChI=1S/C25H28BF3N2O6S/c1-8-18(32)21-15-11-16(26-36-23(2,3)24(4,5)37-26)17(31(6)38(7,33)34)12-19(15)35-22(21)14-9-10-20(30-13-14)25(27,28)29/h9-13H,8H2,1-7H3. The summed E-state index contributed by atoms with van der Waals surface area (Å²) >= 11 is 0. The highest BCUT2D eigenvalue weighted by Gasteiger charge is 2.52. The predicted octanol–water partition coefficient (Wildman–Crippen LogP) is 4.80. The lowest BCUT2D eigenvalue weighted by atomic mass is 9.76. The molecule has 0 atom stereocenters. The van der Waals surface area contributed by atoms with Crippen LogP contribution in [-0.2, 0) is 25.5 Å². The van der Waals surface area contributed by atoms with Crippen LogP contribution in [0.1, 0.15) is 57.1 Å². The topological polar surface area (TPSA) is 98.9 Å². The zero-order chi connectivity index (χ0) is 28.4. The van der Waals surface area contributed by atoms with Gasteiger partial charge < -0.3 is 13.7 Å². The zero-order valence-corrected chi connectivity index (χ0v) is 22.9. The van der Waals surface area contributed by atoms with Gasteiger partial charge in [-0.2, -0.15) is 13.2 Å². The smallest absolute Gasteiger partial charge is 0.455 e. The fraction of sp³-hybridized carbons (Fsp3) is 0.440. The summed E-state index contributed by atoms with van der Waals surface area (Å²) < 4.78 is 83.6. The van der Waals surface area contributed by atoms with Crippen molar-refractivity contribution >= 4 is 45.0 Å². The zero-order valence-electron chi connectivity index (χ0n) is 22.1. The molecule has 0 N–H and O–H groups in total. The van der Waals surface area contributed by atoms with Crippen LogP contribution >= 0.6 is 0 Å². The number of furan rings is 1. The van der Waals surface area contributed by atoms with Crippen molar-refractivity contribution in [2.75, 3.05) is 17.6 Å². The molecule has 1 aliphatic heterocycles. The van der Waals surface area contributed by atoms with Crippen LogP contribution in [0.5, 0.6) is 0 Å². The molecule has 13 heteroatoms. The summed E-state index contributed by atoms with van der Waals surface area (Å²) in [6, 6.07) is 5.03. The maximum atomic E-state index is 13.1. The number of anilines is 1. The van der Waals surface area contributed by atoms with Crippen molar-refractivity contribution in [2.24, 2.45) is 0 Å². The number of benzene rings is 1. The van der Waals surface area contributed by atoms with Gasteiger partial charge in [-0.25, -0.2) is 8.42 Å². The van der Waals surface area contributed by atoms with Crippen LogP contribution in [0.2, 0.25) is 0 Å². The lowest BCUT2D eigenvalue weighted by Gasteiger charge is -2.32. The minimum atomic E-state index is -4.63. The number of halogens is 3. The number of sulfonamides is 1. The van der Waals surface area contributed by atoms with Crippen LogP contribution in [0, 0.1) is 0 Å². The van der Waals surface area contributed by atoms with E-state index < -0.39 is 40.2 Å². The highest BCUT2D eigenvalue weighted by atomic mass is 32.2. The van der Waals surface area contributed by atoms with Crippen LogP contribution in [0.15, 0.2) is 34.9 Å². The summed E-state index contributed by atoms with van der Waals surface area (Å²) in [7, 11) is -3.34. The molecule has 1 fully saturated rings. The summed E-state index contributed by atoms with van der Waals surface area (Å²) in [4.78, 5) is 16.6. The number of ketones is 1. The lowest BCUT2D eigenvalue weighted by molar-refractivity contribution is -0.141. The Hall–Kier alpha value is -2.90. The molecule has 3 aromatic rings. The highest BCUT2D eigenvalue weighted by Crippen LogP contribution is 2.40. The third kappa shape index (κ3) is 4.82. The molecule has 3 heterocycles. The van der Waals surface area contributed by atoms with Gasteiger partial charge in [-0.1, -0.05) is 6.92 Å². The van der Waals surface area contributed by atoms with E-state index in [0.29, 0.717) is 10.8 Å². The molecule has 4 rings (SSSR count). The largest absolute Gasteiger partial charge is 0.497 e. The molecule has 0 unspecified atom stereocenters. The van der Waals surface area contributed by atoms with Crippen molar-refractivity contribution in [1.82, 2.24) is 4.98 Å². The van der Waals surface area contributed by atoms with E-state index in [1.807, 2.05) is 27.7 Å². The molecule has 1 aliphatic rings. The van der Waals surface area contributed by atoms with Crippen LogP contribution in [0.3, 0.4) is 0 Å². The van der Waals surface area contributed by atoms with Gasteiger partial charge in [-0.05, 0) is 45.9 Å². The van der Waals surface area contributed by atoms with Crippen molar-refractivity contribution in [3.63, 3.8) is 0 Å². The molecular weight excluding hydrogens is 524 g/mol. The Morgan fingerprint density at radius 2 is 1.71 bits per heavy atom. The number of carbonyl (C=O) groups is 1. The van der Waals surface area contributed by atoms with Crippen LogP contribution in [0.4, 0.5) is 18.9 Å². The summed E-state index contributed by atoms with van der Waals surface area (Å²) in [5.41, 5.74) is -1.50. The second kappa shape index (κ2) is 9.10. The van der Waals surface area contributed by atoms with Gasteiger partial charge in [0.15, 0.2) is 5.78 Å². The quantitative estimate of drug-likeness (QED) is 0.320. The van der Waals surface area contributed by atoms with E-state index in [1.165, 1.54) is 19.2 Å². The molecule has 0 amide bonds. The van der Waals surface area contributed by atoms with Crippen LogP contribution in [-0.4, -0.2) is 50.8 Å². The molecule has 38 heavy (non-hydrogen) atoms. The molecule has 2 aromatic heterocycles. The molecular formula is C25H28BF3N2O6S. The third-order valence-electron chi connectivity index (χ3n) is 7.10. The van der Waals surface area contributed by atoms with E-state index in [9.17, 15) is 26.4 Å². The van der Waals surface area contributed by atoms with Gasteiger partial charge in [0.05, 0.1) is 28.7 Å². The van der Waals surface area contributed by atoms with Crippen molar-refractivity contribution < 1.29 is 40.1 Å². The molecule has 1 saturated heterocycles. The van der Waals surface area contributed by atoms with Crippen LogP contribution in [0.25, 0.3) is 22.3 Å². The fourth-order valence-electron chi connectivity index (χ4n) is 4.11. The molecule has 0 radical (unpaired) electrons. The molecule has 1 aromatic carbocycles. The number of carbonyl (C=O) groups excluding carboxylic acids is 1. The van der Waals surface area contributed by atoms with E-state index in [0.717, 1.165) is 22.8 Å². The Morgan fingerprint density at radius 3 is 2.18 bits per heavy atom. The van der Waals surface area contributed by atoms with E-state index in [4.69, 9.17) is 13.7 Å². The molecule has 0 aliphatic carbocycles. The van der Waals surface area contributed by atoms with Gasteiger partial charge in [0, 0.05) is 42.1 Å². The minimum absolute atomic E-state index is 0.0344. The Labute approximate surface area is 219 Å². The van der Waals surface area contributed by atoms with Gasteiger partial charge >= 0.3 is 13.3 Å². The van der Waals surface area contributed by atoms with Gasteiger partial charge in [0.1, 0.15) is 17.0 Å². The first-order valence-electron chi connectivity index (χ1n) is 11.8. The van der Waals surface area contributed by atoms with Gasteiger partial charge in [0.25, 0.3) is 0 Å². The van der Waals surface area contributed by atoms with Crippen molar-refractivity contribution in [3.05, 3.63) is 41.7 Å². The number of nitrogens with zero attached hydrogens (tertiary/aromatic N) is 2. The minimum Gasteiger partial charge on any atom is -0.455 e. The first kappa shape index (κ1) is 28.1. The molecule has 0 saturated carbocycles. The Kier molecular flexibility index (Phi) is 6.73. The number of alkyl halides is 3. The maximum Gasteiger partial charge on any atom is 0.497 e. The normalized spacial score (nSPS) is 17.3. The number of pyridine rings is 1. The molecule has 204 valence electrons. The third-order valence-corrected chi connectivity index (χ3v) is 8.29. The van der Waals surface area contributed by atoms with E-state index in [2.05, 4.69) is 4.98 Å². The first-order valence-corrected chi connectivity index (χ1v) is 13.7. The number of aromatic nitrogens is 1. The Balaban J connectivity index is 1.99. The summed E-state index contributed by atoms with van der Waals surface area (Å²) in [6.45, 7) is 9.06. The van der Waals surface area contributed by atoms with Gasteiger partial charge in [-0.15, -0.1) is 0 Å². The number of fused-ring (bicyclic) bond motifs is 1. The predicted molar refractivity (Wildman–Crippen MR) is 138 cm³/mol. The number of hydrogen-bond donors (Lipinski definition) is 0. The number of rotatable bonds is 6. The summed E-state index contributed by atoms with van der Waals surface area (Å²) in [5.74, 6) is -0.283. The van der Waals surface area contributed by atoms with Crippen molar-refractivity contribution in [3.8, 4) is 11.3 Å². The van der Waals surface area contributed by atoms with Gasteiger partial charge in [0.2, 0.25) is 10.0 Å². The maximum absolute atomic E-state index is 13.1. The Morgan fingerprint density at radius 1 is 1.11 bits per heavy atom. The molecule has 0 spiro atoms. The number of hydrogen-bond acceptors (Lipinski definition) is 7. The monoisotopic (exact) mass is 552 g/mol. The summed E-state index contributed by atoms with van der Waals surface area (Å²) in [6.07, 6.45) is -2.51. The van der Waals surface area contributed by atoms with E-state index in [-0.39, 0.29) is 40.4 Å².